The first-order valence-electron chi connectivity index (χ1n) is 9.16. The smallest absolute Gasteiger partial charge is 0.251 e. The molecule has 1 saturated heterocycles. The quantitative estimate of drug-likeness (QED) is 0.819. The minimum Gasteiger partial charge on any atom is -0.352 e. The number of sulfonamides is 1. The van der Waals surface area contributed by atoms with E-state index in [1.807, 2.05) is 24.6 Å². The maximum absolute atomic E-state index is 12.5. The number of hydrogen-bond donors (Lipinski definition) is 1. The van der Waals surface area contributed by atoms with Crippen LogP contribution in [0.25, 0.3) is 0 Å². The van der Waals surface area contributed by atoms with Crippen LogP contribution in [0.2, 0.25) is 0 Å². The highest BCUT2D eigenvalue weighted by molar-refractivity contribution is 7.93. The van der Waals surface area contributed by atoms with Crippen LogP contribution in [0, 0.1) is 19.8 Å². The Balaban J connectivity index is 1.61. The van der Waals surface area contributed by atoms with Crippen LogP contribution in [0.15, 0.2) is 30.3 Å². The zero-order valence-corrected chi connectivity index (χ0v) is 16.8. The number of rotatable bonds is 6. The van der Waals surface area contributed by atoms with Gasteiger partial charge in [-0.1, -0.05) is 13.0 Å². The first kappa shape index (κ1) is 19.4. The maximum atomic E-state index is 12.5. The summed E-state index contributed by atoms with van der Waals surface area (Å²) in [5, 5.41) is 7.38. The lowest BCUT2D eigenvalue weighted by molar-refractivity contribution is 0.0946. The molecule has 1 aliphatic rings. The van der Waals surface area contributed by atoms with E-state index in [0.29, 0.717) is 30.8 Å². The lowest BCUT2D eigenvalue weighted by Gasteiger charge is -2.18. The maximum Gasteiger partial charge on any atom is 0.251 e. The molecule has 146 valence electrons. The Labute approximate surface area is 160 Å². The molecule has 1 atom stereocenters. The standard InChI is InChI=1S/C19H26N4O3S/c1-14(13-22-16(3)10-15(2)21-22)12-20-19(24)17-6-4-7-18(11-17)23-8-5-9-27(23,25)26/h4,6-7,10-11,14H,5,8-9,12-13H2,1-3H3,(H,20,24). The van der Waals surface area contributed by atoms with Crippen LogP contribution in [-0.2, 0) is 16.6 Å². The largest absolute Gasteiger partial charge is 0.352 e. The van der Waals surface area contributed by atoms with Gasteiger partial charge in [0.25, 0.3) is 5.91 Å². The van der Waals surface area contributed by atoms with Crippen molar-refractivity contribution >= 4 is 21.6 Å². The summed E-state index contributed by atoms with van der Waals surface area (Å²) in [4.78, 5) is 12.5. The molecule has 8 heteroatoms. The number of nitrogens with one attached hydrogen (secondary N) is 1. The van der Waals surface area contributed by atoms with Crippen LogP contribution in [-0.4, -0.2) is 42.9 Å². The Morgan fingerprint density at radius 2 is 2.07 bits per heavy atom. The summed E-state index contributed by atoms with van der Waals surface area (Å²) in [6.45, 7) is 7.75. The van der Waals surface area contributed by atoms with Crippen molar-refractivity contribution < 1.29 is 13.2 Å². The summed E-state index contributed by atoms with van der Waals surface area (Å²) in [5.74, 6) is 0.176. The highest BCUT2D eigenvalue weighted by Gasteiger charge is 2.28. The van der Waals surface area contributed by atoms with Gasteiger partial charge >= 0.3 is 0 Å². The van der Waals surface area contributed by atoms with Gasteiger partial charge < -0.3 is 5.32 Å². The summed E-state index contributed by atoms with van der Waals surface area (Å²) in [6, 6.07) is 8.82. The molecule has 1 aromatic heterocycles. The number of aromatic nitrogens is 2. The van der Waals surface area contributed by atoms with E-state index in [2.05, 4.69) is 17.3 Å². The van der Waals surface area contributed by atoms with Gasteiger partial charge in [-0.2, -0.15) is 5.10 Å². The number of anilines is 1. The predicted octanol–water partition coefficient (Wildman–Crippen LogP) is 2.11. The number of aryl methyl sites for hydroxylation is 2. The van der Waals surface area contributed by atoms with Crippen LogP contribution < -0.4 is 9.62 Å². The van der Waals surface area contributed by atoms with Gasteiger partial charge in [0.15, 0.2) is 0 Å². The van der Waals surface area contributed by atoms with E-state index in [4.69, 9.17) is 0 Å². The molecule has 0 saturated carbocycles. The van der Waals surface area contributed by atoms with Crippen LogP contribution in [0.4, 0.5) is 5.69 Å². The molecule has 2 heterocycles. The third-order valence-corrected chi connectivity index (χ3v) is 6.56. The van der Waals surface area contributed by atoms with Gasteiger partial charge in [-0.15, -0.1) is 0 Å². The van der Waals surface area contributed by atoms with E-state index in [0.717, 1.165) is 17.9 Å². The van der Waals surface area contributed by atoms with E-state index in [9.17, 15) is 13.2 Å². The summed E-state index contributed by atoms with van der Waals surface area (Å²) in [5.41, 5.74) is 3.10. The Morgan fingerprint density at radius 1 is 1.30 bits per heavy atom. The molecule has 7 nitrogen and oxygen atoms in total. The molecule has 1 N–H and O–H groups in total. The number of carbonyl (C=O) groups excluding carboxylic acids is 1. The fourth-order valence-electron chi connectivity index (χ4n) is 3.32. The average molecular weight is 391 g/mol. The third-order valence-electron chi connectivity index (χ3n) is 4.69. The second-order valence-corrected chi connectivity index (χ2v) is 9.23. The first-order chi connectivity index (χ1) is 12.8. The van der Waals surface area contributed by atoms with Crippen LogP contribution in [0.3, 0.4) is 0 Å². The van der Waals surface area contributed by atoms with E-state index in [-0.39, 0.29) is 17.6 Å². The van der Waals surface area contributed by atoms with Gasteiger partial charge in [0, 0.05) is 30.9 Å². The second-order valence-electron chi connectivity index (χ2n) is 7.22. The van der Waals surface area contributed by atoms with Crippen molar-refractivity contribution in [1.29, 1.82) is 0 Å². The molecule has 1 aromatic carbocycles. The monoisotopic (exact) mass is 390 g/mol. The van der Waals surface area contributed by atoms with Crippen molar-refractivity contribution in [3.05, 3.63) is 47.3 Å². The van der Waals surface area contributed by atoms with Gasteiger partial charge in [-0.25, -0.2) is 8.42 Å². The average Bonchev–Trinajstić information content (AvgIpc) is 3.13. The van der Waals surface area contributed by atoms with Crippen LogP contribution in [0.5, 0.6) is 0 Å². The molecule has 0 aliphatic carbocycles. The minimum atomic E-state index is -3.25. The highest BCUT2D eigenvalue weighted by atomic mass is 32.2. The second kappa shape index (κ2) is 7.72. The van der Waals surface area contributed by atoms with E-state index >= 15 is 0 Å². The molecule has 1 aliphatic heterocycles. The van der Waals surface area contributed by atoms with Crippen molar-refractivity contribution in [2.24, 2.45) is 5.92 Å². The molecule has 0 radical (unpaired) electrons. The lowest BCUT2D eigenvalue weighted by Crippen LogP contribution is -2.31. The molecular weight excluding hydrogens is 364 g/mol. The van der Waals surface area contributed by atoms with Gasteiger partial charge in [0.1, 0.15) is 0 Å². The van der Waals surface area contributed by atoms with E-state index in [1.165, 1.54) is 4.31 Å². The van der Waals surface area contributed by atoms with Crippen molar-refractivity contribution in [2.45, 2.75) is 33.7 Å². The predicted molar refractivity (Wildman–Crippen MR) is 105 cm³/mol. The molecular formula is C19H26N4O3S. The Kier molecular flexibility index (Phi) is 5.55. The molecule has 1 fully saturated rings. The molecule has 3 rings (SSSR count). The molecule has 1 unspecified atom stereocenters. The number of amides is 1. The molecule has 1 amide bonds. The Morgan fingerprint density at radius 3 is 2.70 bits per heavy atom. The summed E-state index contributed by atoms with van der Waals surface area (Å²) >= 11 is 0. The van der Waals surface area contributed by atoms with Crippen LogP contribution in [0.1, 0.15) is 35.1 Å². The van der Waals surface area contributed by atoms with Crippen molar-refractivity contribution in [3.63, 3.8) is 0 Å². The van der Waals surface area contributed by atoms with Gasteiger partial charge in [-0.05, 0) is 50.5 Å². The topological polar surface area (TPSA) is 84.3 Å². The molecule has 27 heavy (non-hydrogen) atoms. The third kappa shape index (κ3) is 4.50. The number of carbonyl (C=O) groups is 1. The zero-order valence-electron chi connectivity index (χ0n) is 16.0. The number of hydrogen-bond acceptors (Lipinski definition) is 4. The lowest BCUT2D eigenvalue weighted by atomic mass is 10.1. The van der Waals surface area contributed by atoms with Crippen molar-refractivity contribution in [3.8, 4) is 0 Å². The summed E-state index contributed by atoms with van der Waals surface area (Å²) < 4.78 is 27.5. The fraction of sp³-hybridized carbons (Fsp3) is 0.474. The number of nitrogens with zero attached hydrogens (tertiary/aromatic N) is 3. The molecule has 0 bridgehead atoms. The SMILES string of the molecule is Cc1cc(C)n(CC(C)CNC(=O)c2cccc(N3CCCS3(=O)=O)c2)n1. The first-order valence-corrected chi connectivity index (χ1v) is 10.8. The van der Waals surface area contributed by atoms with Crippen molar-refractivity contribution in [1.82, 2.24) is 15.1 Å². The minimum absolute atomic E-state index is 0.160. The van der Waals surface area contributed by atoms with Crippen LogP contribution >= 0.6 is 0 Å². The van der Waals surface area contributed by atoms with Gasteiger partial charge in [-0.3, -0.25) is 13.8 Å². The number of benzene rings is 1. The van der Waals surface area contributed by atoms with Gasteiger partial charge in [0.2, 0.25) is 10.0 Å². The summed E-state index contributed by atoms with van der Waals surface area (Å²) in [6.07, 6.45) is 0.614. The van der Waals surface area contributed by atoms with E-state index < -0.39 is 10.0 Å². The van der Waals surface area contributed by atoms with Gasteiger partial charge in [0.05, 0.1) is 17.1 Å². The normalized spacial score (nSPS) is 17.1. The Hall–Kier alpha value is -2.35. The zero-order chi connectivity index (χ0) is 19.6. The fourth-order valence-corrected chi connectivity index (χ4v) is 4.88. The highest BCUT2D eigenvalue weighted by Crippen LogP contribution is 2.24. The molecule has 0 spiro atoms. The Bertz CT molecular complexity index is 936. The summed E-state index contributed by atoms with van der Waals surface area (Å²) in [7, 11) is -3.25. The molecule has 2 aromatic rings. The van der Waals surface area contributed by atoms with E-state index in [1.54, 1.807) is 24.3 Å². The van der Waals surface area contributed by atoms with Crippen molar-refractivity contribution in [2.75, 3.05) is 23.1 Å².